The monoisotopic (exact) mass is 435 g/mol. The van der Waals surface area contributed by atoms with Gasteiger partial charge in [0.15, 0.2) is 5.76 Å². The van der Waals surface area contributed by atoms with E-state index in [9.17, 15) is 9.59 Å². The number of ketones is 1. The Bertz CT molecular complexity index is 1100. The van der Waals surface area contributed by atoms with Gasteiger partial charge in [0.1, 0.15) is 18.2 Å². The second-order valence-electron chi connectivity index (χ2n) is 8.34. The first kappa shape index (κ1) is 20.7. The zero-order valence-electron chi connectivity index (χ0n) is 18.2. The first-order chi connectivity index (χ1) is 15.5. The van der Waals surface area contributed by atoms with E-state index in [1.54, 1.807) is 30.3 Å². The maximum Gasteiger partial charge on any atom is 0.337 e. The highest BCUT2D eigenvalue weighted by Crippen LogP contribution is 2.43. The number of ether oxygens (including phenoxy) is 4. The van der Waals surface area contributed by atoms with Crippen LogP contribution in [0.25, 0.3) is 6.08 Å². The van der Waals surface area contributed by atoms with Crippen molar-refractivity contribution in [3.05, 3.63) is 63.9 Å². The van der Waals surface area contributed by atoms with E-state index in [4.69, 9.17) is 18.9 Å². The van der Waals surface area contributed by atoms with Gasteiger partial charge in [0.25, 0.3) is 0 Å². The van der Waals surface area contributed by atoms with Crippen molar-refractivity contribution in [3.63, 3.8) is 0 Å². The van der Waals surface area contributed by atoms with Crippen LogP contribution >= 0.6 is 0 Å². The molecule has 32 heavy (non-hydrogen) atoms. The van der Waals surface area contributed by atoms with Crippen LogP contribution in [-0.4, -0.2) is 49.7 Å². The molecule has 166 valence electrons. The molecule has 0 bridgehead atoms. The fraction of sp³-hybridized carbons (Fsp3) is 0.360. The molecular weight excluding hydrogens is 410 g/mol. The number of hydrogen-bond donors (Lipinski definition) is 0. The molecule has 1 fully saturated rings. The Labute approximate surface area is 186 Å². The third-order valence-electron chi connectivity index (χ3n) is 6.12. The number of fused-ring (bicyclic) bond motifs is 2. The molecule has 0 amide bonds. The first-order valence-electron chi connectivity index (χ1n) is 10.8. The molecule has 0 aromatic heterocycles. The van der Waals surface area contributed by atoms with Crippen molar-refractivity contribution in [1.82, 2.24) is 4.90 Å². The highest BCUT2D eigenvalue weighted by Gasteiger charge is 2.34. The second-order valence-corrected chi connectivity index (χ2v) is 8.34. The summed E-state index contributed by atoms with van der Waals surface area (Å²) < 4.78 is 22.5. The molecule has 3 heterocycles. The molecule has 0 radical (unpaired) electrons. The maximum absolute atomic E-state index is 13.1. The fourth-order valence-electron chi connectivity index (χ4n) is 4.47. The van der Waals surface area contributed by atoms with Gasteiger partial charge in [-0.1, -0.05) is 12.1 Å². The molecule has 2 aromatic rings. The van der Waals surface area contributed by atoms with Crippen LogP contribution in [-0.2, 0) is 16.0 Å². The van der Waals surface area contributed by atoms with E-state index in [0.717, 1.165) is 48.4 Å². The normalized spacial score (nSPS) is 21.1. The Kier molecular flexibility index (Phi) is 5.45. The molecule has 0 saturated carbocycles. The molecule has 7 nitrogen and oxygen atoms in total. The lowest BCUT2D eigenvalue weighted by molar-refractivity contribution is 0.0276. The standard InChI is InChI=1S/C25H25NO6/c1-15-23-18(12-26(14-31-23)13-19-4-3-9-30-19)11-20-22(27)21(32-24(15)20)10-16-5-7-17(8-6-16)25(28)29-2/h5-8,10-11,19H,3-4,9,12-14H2,1-2H3/b21-10-. The summed E-state index contributed by atoms with van der Waals surface area (Å²) in [7, 11) is 1.34. The Morgan fingerprint density at radius 3 is 2.78 bits per heavy atom. The minimum atomic E-state index is -0.403. The molecule has 7 heteroatoms. The van der Waals surface area contributed by atoms with E-state index >= 15 is 0 Å². The molecule has 1 atom stereocenters. The van der Waals surface area contributed by atoms with Gasteiger partial charge in [-0.3, -0.25) is 9.69 Å². The third kappa shape index (κ3) is 3.78. The van der Waals surface area contributed by atoms with Crippen LogP contribution in [0.3, 0.4) is 0 Å². The molecule has 5 rings (SSSR count). The van der Waals surface area contributed by atoms with E-state index in [-0.39, 0.29) is 17.6 Å². The molecule has 2 aromatic carbocycles. The number of carbonyl (C=O) groups is 2. The van der Waals surface area contributed by atoms with Gasteiger partial charge in [0.2, 0.25) is 5.78 Å². The smallest absolute Gasteiger partial charge is 0.337 e. The van der Waals surface area contributed by atoms with E-state index < -0.39 is 5.97 Å². The number of rotatable bonds is 4. The van der Waals surface area contributed by atoms with Crippen molar-refractivity contribution < 1.29 is 28.5 Å². The zero-order chi connectivity index (χ0) is 22.2. The summed E-state index contributed by atoms with van der Waals surface area (Å²) in [4.78, 5) is 26.9. The van der Waals surface area contributed by atoms with Crippen molar-refractivity contribution in [2.24, 2.45) is 0 Å². The van der Waals surface area contributed by atoms with Crippen molar-refractivity contribution in [3.8, 4) is 11.5 Å². The lowest BCUT2D eigenvalue weighted by Gasteiger charge is -2.31. The summed E-state index contributed by atoms with van der Waals surface area (Å²) >= 11 is 0. The average Bonchev–Trinajstić information content (AvgIpc) is 3.42. The summed E-state index contributed by atoms with van der Waals surface area (Å²) in [6, 6.07) is 8.71. The van der Waals surface area contributed by atoms with Crippen LogP contribution in [0.2, 0.25) is 0 Å². The predicted octanol–water partition coefficient (Wildman–Crippen LogP) is 3.73. The highest BCUT2D eigenvalue weighted by atomic mass is 16.5. The quantitative estimate of drug-likeness (QED) is 0.535. The lowest BCUT2D eigenvalue weighted by Crippen LogP contribution is -2.37. The van der Waals surface area contributed by atoms with Gasteiger partial charge in [-0.15, -0.1) is 0 Å². The first-order valence-corrected chi connectivity index (χ1v) is 10.8. The molecule has 0 N–H and O–H groups in total. The van der Waals surface area contributed by atoms with Gasteiger partial charge in [-0.2, -0.15) is 0 Å². The number of benzene rings is 2. The Morgan fingerprint density at radius 2 is 2.06 bits per heavy atom. The number of esters is 1. The number of methoxy groups -OCH3 is 1. The van der Waals surface area contributed by atoms with Gasteiger partial charge in [0.05, 0.1) is 24.3 Å². The van der Waals surface area contributed by atoms with E-state index in [2.05, 4.69) is 4.90 Å². The summed E-state index contributed by atoms with van der Waals surface area (Å²) in [6.07, 6.45) is 4.12. The van der Waals surface area contributed by atoms with E-state index in [1.165, 1.54) is 7.11 Å². The van der Waals surface area contributed by atoms with Crippen LogP contribution in [0.1, 0.15) is 50.2 Å². The predicted molar refractivity (Wildman–Crippen MR) is 117 cm³/mol. The molecule has 1 unspecified atom stereocenters. The van der Waals surface area contributed by atoms with Crippen LogP contribution < -0.4 is 9.47 Å². The third-order valence-corrected chi connectivity index (χ3v) is 6.12. The van der Waals surface area contributed by atoms with Crippen LogP contribution in [0, 0.1) is 6.92 Å². The van der Waals surface area contributed by atoms with Crippen LogP contribution in [0.5, 0.6) is 11.5 Å². The second kappa shape index (κ2) is 8.41. The average molecular weight is 435 g/mol. The molecule has 3 aliphatic heterocycles. The van der Waals surface area contributed by atoms with Gasteiger partial charge >= 0.3 is 5.97 Å². The van der Waals surface area contributed by atoms with Gasteiger partial charge < -0.3 is 18.9 Å². The van der Waals surface area contributed by atoms with Gasteiger partial charge in [0, 0.05) is 30.8 Å². The lowest BCUT2D eigenvalue weighted by atomic mass is 9.99. The SMILES string of the molecule is COC(=O)c1ccc(/C=C2\Oc3c(cc4c(c3C)OCN(CC3CCCO3)C4)C2=O)cc1. The molecule has 0 spiro atoms. The highest BCUT2D eigenvalue weighted by molar-refractivity contribution is 6.15. The summed E-state index contributed by atoms with van der Waals surface area (Å²) in [6.45, 7) is 4.79. The molecule has 1 saturated heterocycles. The van der Waals surface area contributed by atoms with Crippen LogP contribution in [0.15, 0.2) is 36.1 Å². The van der Waals surface area contributed by atoms with Gasteiger partial charge in [-0.05, 0) is 49.6 Å². The number of Topliss-reactive ketones (excluding diaryl/α,β-unsaturated/α-hetero) is 1. The summed E-state index contributed by atoms with van der Waals surface area (Å²) in [5.74, 6) is 1.05. The van der Waals surface area contributed by atoms with Gasteiger partial charge in [-0.25, -0.2) is 4.79 Å². The minimum absolute atomic E-state index is 0.154. The van der Waals surface area contributed by atoms with E-state index in [0.29, 0.717) is 30.2 Å². The van der Waals surface area contributed by atoms with Crippen molar-refractivity contribution in [2.75, 3.05) is 27.0 Å². The van der Waals surface area contributed by atoms with E-state index in [1.807, 2.05) is 13.0 Å². The molecule has 0 aliphatic carbocycles. The number of carbonyl (C=O) groups excluding carboxylic acids is 2. The number of nitrogens with zero attached hydrogens (tertiary/aromatic N) is 1. The molecule has 3 aliphatic rings. The molecular formula is C25H25NO6. The summed E-state index contributed by atoms with van der Waals surface area (Å²) in [5, 5.41) is 0. The largest absolute Gasteiger partial charge is 0.477 e. The minimum Gasteiger partial charge on any atom is -0.477 e. The topological polar surface area (TPSA) is 74.3 Å². The Balaban J connectivity index is 1.37. The van der Waals surface area contributed by atoms with Crippen molar-refractivity contribution in [2.45, 2.75) is 32.4 Å². The maximum atomic E-state index is 13.1. The van der Waals surface area contributed by atoms with Crippen molar-refractivity contribution in [1.29, 1.82) is 0 Å². The zero-order valence-corrected chi connectivity index (χ0v) is 18.2. The Morgan fingerprint density at radius 1 is 1.25 bits per heavy atom. The van der Waals surface area contributed by atoms with Crippen molar-refractivity contribution >= 4 is 17.8 Å². The summed E-state index contributed by atoms with van der Waals surface area (Å²) in [5.41, 5.74) is 3.60. The van der Waals surface area contributed by atoms with Crippen LogP contribution in [0.4, 0.5) is 0 Å². The number of allylic oxidation sites excluding steroid dienone is 1. The fourth-order valence-corrected chi connectivity index (χ4v) is 4.47. The Hall–Kier alpha value is -3.16. The number of hydrogen-bond acceptors (Lipinski definition) is 7.